The molecule has 56 heavy (non-hydrogen) atoms. The molecule has 0 heterocycles. The standard InChI is InChI=1S/C56H48/c1-31-20-23-36-39(26-31)47(35-18-14-11-15-19-35)40-29-42-45(30-41(40)46(36)34-16-12-10-13-17-34)56(8,9)53-49-37-24-21-32(2)27-43(37)54(4,5)51(49)48-38-25-22-33(3)28-44(38)55(6,7)52(48)50(42)53/h10-30H,1-9H3. The van der Waals surface area contributed by atoms with E-state index >= 15 is 0 Å². The van der Waals surface area contributed by atoms with Crippen LogP contribution in [0, 0.1) is 20.8 Å². The Morgan fingerprint density at radius 3 is 1.18 bits per heavy atom. The van der Waals surface area contributed by atoms with E-state index in [1.54, 1.807) is 0 Å². The Morgan fingerprint density at radius 2 is 0.679 bits per heavy atom. The third-order valence-electron chi connectivity index (χ3n) is 14.1. The molecule has 0 nitrogen and oxygen atoms in total. The van der Waals surface area contributed by atoms with Crippen LogP contribution in [0.2, 0.25) is 0 Å². The van der Waals surface area contributed by atoms with Gasteiger partial charge in [0, 0.05) is 16.2 Å². The summed E-state index contributed by atoms with van der Waals surface area (Å²) in [5.41, 5.74) is 26.0. The lowest BCUT2D eigenvalue weighted by molar-refractivity contribution is 0.635. The van der Waals surface area contributed by atoms with Gasteiger partial charge in [-0.1, -0.05) is 173 Å². The van der Waals surface area contributed by atoms with E-state index in [0.29, 0.717) is 0 Å². The van der Waals surface area contributed by atoms with Crippen LogP contribution in [0.1, 0.15) is 91.6 Å². The second-order valence-electron chi connectivity index (χ2n) is 18.7. The van der Waals surface area contributed by atoms with Crippen LogP contribution < -0.4 is 0 Å². The molecule has 0 saturated carbocycles. The van der Waals surface area contributed by atoms with Gasteiger partial charge < -0.3 is 0 Å². The Morgan fingerprint density at radius 1 is 0.304 bits per heavy atom. The van der Waals surface area contributed by atoms with Crippen LogP contribution in [0.25, 0.3) is 77.2 Å². The van der Waals surface area contributed by atoms with E-state index in [-0.39, 0.29) is 16.2 Å². The van der Waals surface area contributed by atoms with Crippen molar-refractivity contribution in [1.29, 1.82) is 0 Å². The lowest BCUT2D eigenvalue weighted by Crippen LogP contribution is -2.22. The first-order chi connectivity index (χ1) is 26.8. The van der Waals surface area contributed by atoms with E-state index in [1.807, 2.05) is 0 Å². The molecule has 0 aromatic heterocycles. The summed E-state index contributed by atoms with van der Waals surface area (Å²) in [5, 5.41) is 5.27. The largest absolute Gasteiger partial charge is 0.0622 e. The highest BCUT2D eigenvalue weighted by Crippen LogP contribution is 2.68. The van der Waals surface area contributed by atoms with Gasteiger partial charge in [-0.15, -0.1) is 0 Å². The summed E-state index contributed by atoms with van der Waals surface area (Å²) in [7, 11) is 0. The van der Waals surface area contributed by atoms with E-state index in [4.69, 9.17) is 0 Å². The molecule has 8 aromatic rings. The molecule has 0 spiro atoms. The summed E-state index contributed by atoms with van der Waals surface area (Å²) in [6.07, 6.45) is 0. The number of aryl methyl sites for hydroxylation is 3. The minimum Gasteiger partial charge on any atom is -0.0622 e. The van der Waals surface area contributed by atoms with Crippen LogP contribution in [-0.2, 0) is 16.2 Å². The molecule has 0 bridgehead atoms. The van der Waals surface area contributed by atoms with Crippen molar-refractivity contribution in [2.75, 3.05) is 0 Å². The topological polar surface area (TPSA) is 0 Å². The molecule has 0 radical (unpaired) electrons. The van der Waals surface area contributed by atoms with E-state index in [2.05, 4.69) is 190 Å². The average Bonchev–Trinajstić information content (AvgIpc) is 3.65. The van der Waals surface area contributed by atoms with Crippen molar-refractivity contribution >= 4 is 21.5 Å². The van der Waals surface area contributed by atoms with Crippen molar-refractivity contribution in [3.8, 4) is 55.6 Å². The number of benzene rings is 8. The molecule has 0 atom stereocenters. The average molecular weight is 721 g/mol. The van der Waals surface area contributed by atoms with Gasteiger partial charge in [-0.05, 0) is 143 Å². The monoisotopic (exact) mass is 720 g/mol. The van der Waals surface area contributed by atoms with Crippen LogP contribution in [-0.4, -0.2) is 0 Å². The first-order valence-electron chi connectivity index (χ1n) is 20.4. The molecule has 0 aliphatic heterocycles. The van der Waals surface area contributed by atoms with Gasteiger partial charge >= 0.3 is 0 Å². The van der Waals surface area contributed by atoms with Gasteiger partial charge in [0.05, 0.1) is 0 Å². The van der Waals surface area contributed by atoms with Gasteiger partial charge in [-0.3, -0.25) is 0 Å². The minimum absolute atomic E-state index is 0.148. The van der Waals surface area contributed by atoms with Gasteiger partial charge in [-0.25, -0.2) is 0 Å². The van der Waals surface area contributed by atoms with Crippen molar-refractivity contribution in [2.24, 2.45) is 0 Å². The highest BCUT2D eigenvalue weighted by atomic mass is 14.5. The van der Waals surface area contributed by atoms with Gasteiger partial charge in [0.2, 0.25) is 0 Å². The van der Waals surface area contributed by atoms with Crippen molar-refractivity contribution in [3.63, 3.8) is 0 Å². The molecule has 0 fully saturated rings. The lowest BCUT2D eigenvalue weighted by Gasteiger charge is -2.31. The van der Waals surface area contributed by atoms with E-state index in [1.165, 1.54) is 127 Å². The summed E-state index contributed by atoms with van der Waals surface area (Å²) in [4.78, 5) is 0. The van der Waals surface area contributed by atoms with Crippen molar-refractivity contribution in [3.05, 3.63) is 177 Å². The molecular weight excluding hydrogens is 673 g/mol. The number of hydrogen-bond acceptors (Lipinski definition) is 0. The molecular formula is C56H48. The van der Waals surface area contributed by atoms with Crippen LogP contribution in [0.4, 0.5) is 0 Å². The quantitative estimate of drug-likeness (QED) is 0.156. The zero-order chi connectivity index (χ0) is 38.6. The Labute approximate surface area is 331 Å². The molecule has 8 aromatic carbocycles. The smallest absolute Gasteiger partial charge is 0.0165 e. The SMILES string of the molecule is Cc1ccc2c(c1)C(C)(C)c1c-2c2c(c3c1-c1cc4c(-c5ccccc5)c5cc(C)ccc5c(-c5ccccc5)c4cc1C3(C)C)-c1ccc(C)cc1C2(C)C. The van der Waals surface area contributed by atoms with E-state index in [9.17, 15) is 0 Å². The van der Waals surface area contributed by atoms with Crippen LogP contribution in [0.3, 0.4) is 0 Å². The van der Waals surface area contributed by atoms with Crippen LogP contribution in [0.15, 0.2) is 127 Å². The first kappa shape index (κ1) is 33.6. The van der Waals surface area contributed by atoms with Crippen molar-refractivity contribution in [1.82, 2.24) is 0 Å². The second kappa shape index (κ2) is 11.0. The summed E-state index contributed by atoms with van der Waals surface area (Å²) < 4.78 is 0. The zero-order valence-electron chi connectivity index (χ0n) is 34.1. The maximum atomic E-state index is 2.63. The molecule has 11 rings (SSSR count). The fourth-order valence-corrected chi connectivity index (χ4v) is 11.6. The first-order valence-corrected chi connectivity index (χ1v) is 20.4. The number of fused-ring (bicyclic) bond motifs is 14. The summed E-state index contributed by atoms with van der Waals surface area (Å²) in [5.74, 6) is 0. The Kier molecular flexibility index (Phi) is 6.59. The third-order valence-corrected chi connectivity index (χ3v) is 14.1. The van der Waals surface area contributed by atoms with E-state index < -0.39 is 0 Å². The molecule has 272 valence electrons. The maximum Gasteiger partial charge on any atom is 0.0165 e. The molecule has 0 amide bonds. The second-order valence-corrected chi connectivity index (χ2v) is 18.7. The predicted molar refractivity (Wildman–Crippen MR) is 239 cm³/mol. The zero-order valence-corrected chi connectivity index (χ0v) is 34.1. The summed E-state index contributed by atoms with van der Waals surface area (Å²) >= 11 is 0. The number of hydrogen-bond donors (Lipinski definition) is 0. The van der Waals surface area contributed by atoms with Gasteiger partial charge in [0.1, 0.15) is 0 Å². The third kappa shape index (κ3) is 4.15. The highest BCUT2D eigenvalue weighted by Gasteiger charge is 2.52. The fraction of sp³-hybridized carbons (Fsp3) is 0.214. The van der Waals surface area contributed by atoms with E-state index in [0.717, 1.165) is 0 Å². The fourth-order valence-electron chi connectivity index (χ4n) is 11.6. The number of rotatable bonds is 2. The van der Waals surface area contributed by atoms with Gasteiger partial charge in [0.25, 0.3) is 0 Å². The molecule has 0 N–H and O–H groups in total. The highest BCUT2D eigenvalue weighted by molar-refractivity contribution is 6.23. The minimum atomic E-state index is -0.246. The van der Waals surface area contributed by atoms with Crippen LogP contribution in [0.5, 0.6) is 0 Å². The summed E-state index contributed by atoms with van der Waals surface area (Å²) in [6, 6.07) is 49.0. The molecule has 0 heteroatoms. The Balaban J connectivity index is 1.37. The predicted octanol–water partition coefficient (Wildman–Crippen LogP) is 15.2. The summed E-state index contributed by atoms with van der Waals surface area (Å²) in [6.45, 7) is 21.7. The van der Waals surface area contributed by atoms with Gasteiger partial charge in [-0.2, -0.15) is 0 Å². The maximum absolute atomic E-state index is 2.63. The molecule has 3 aliphatic rings. The Hall–Kier alpha value is -5.72. The van der Waals surface area contributed by atoms with Gasteiger partial charge in [0.15, 0.2) is 0 Å². The van der Waals surface area contributed by atoms with Crippen LogP contribution >= 0.6 is 0 Å². The lowest BCUT2D eigenvalue weighted by atomic mass is 9.71. The van der Waals surface area contributed by atoms with Crippen molar-refractivity contribution in [2.45, 2.75) is 78.6 Å². The van der Waals surface area contributed by atoms with Crippen molar-refractivity contribution < 1.29 is 0 Å². The molecule has 0 unspecified atom stereocenters. The molecule has 3 aliphatic carbocycles. The molecule has 0 saturated heterocycles. The Bertz CT molecular complexity index is 3040. The normalized spacial score (nSPS) is 16.0.